The molecule has 8 heteroatoms. The van der Waals surface area contributed by atoms with E-state index in [0.29, 0.717) is 22.8 Å². The van der Waals surface area contributed by atoms with Crippen LogP contribution in [0.15, 0.2) is 24.3 Å². The van der Waals surface area contributed by atoms with Gasteiger partial charge in [-0.1, -0.05) is 31.9 Å². The van der Waals surface area contributed by atoms with E-state index in [0.717, 1.165) is 24.2 Å². The molecule has 5 amide bonds. The second-order valence-electron chi connectivity index (χ2n) is 6.93. The number of hydrogen-bond acceptors (Lipinski definition) is 5. The normalized spacial score (nSPS) is 23.0. The van der Waals surface area contributed by atoms with Gasteiger partial charge >= 0.3 is 17.8 Å². The number of para-hydroxylation sites is 2. The fourth-order valence-corrected chi connectivity index (χ4v) is 3.72. The first-order valence-electron chi connectivity index (χ1n) is 9.06. The Morgan fingerprint density at radius 3 is 2.56 bits per heavy atom. The van der Waals surface area contributed by atoms with Crippen molar-refractivity contribution in [2.45, 2.75) is 38.6 Å². The molecular formula is C19H23N3O5. The number of amides is 5. The molecule has 8 nitrogen and oxygen atoms in total. The maximum Gasteiger partial charge on any atom is 0.334 e. The number of anilines is 1. The highest BCUT2D eigenvalue weighted by atomic mass is 16.5. The van der Waals surface area contributed by atoms with Crippen molar-refractivity contribution < 1.29 is 23.9 Å². The number of nitrogens with one attached hydrogen (secondary N) is 1. The second-order valence-corrected chi connectivity index (χ2v) is 6.93. The highest BCUT2D eigenvalue weighted by molar-refractivity contribution is 6.45. The van der Waals surface area contributed by atoms with Crippen LogP contribution in [0.1, 0.15) is 32.6 Å². The van der Waals surface area contributed by atoms with Gasteiger partial charge in [0, 0.05) is 6.04 Å². The molecule has 3 rings (SSSR count). The van der Waals surface area contributed by atoms with Crippen LogP contribution in [-0.4, -0.2) is 53.2 Å². The number of hydrogen-bond donors (Lipinski definition) is 1. The molecule has 0 spiro atoms. The van der Waals surface area contributed by atoms with E-state index in [9.17, 15) is 19.2 Å². The van der Waals surface area contributed by atoms with E-state index in [1.54, 1.807) is 24.3 Å². The van der Waals surface area contributed by atoms with E-state index in [1.165, 1.54) is 7.11 Å². The number of rotatable bonds is 5. The minimum Gasteiger partial charge on any atom is -0.495 e. The number of ether oxygens (including phenoxy) is 1. The van der Waals surface area contributed by atoms with E-state index < -0.39 is 30.3 Å². The van der Waals surface area contributed by atoms with Gasteiger partial charge in [-0.15, -0.1) is 0 Å². The maximum atomic E-state index is 12.7. The molecule has 1 N–H and O–H groups in total. The first-order chi connectivity index (χ1) is 12.9. The summed E-state index contributed by atoms with van der Waals surface area (Å²) in [4.78, 5) is 51.5. The summed E-state index contributed by atoms with van der Waals surface area (Å²) in [7, 11) is 1.47. The van der Waals surface area contributed by atoms with Gasteiger partial charge in [0.25, 0.3) is 0 Å². The number of urea groups is 1. The van der Waals surface area contributed by atoms with Crippen molar-refractivity contribution in [3.8, 4) is 5.75 Å². The molecule has 2 atom stereocenters. The summed E-state index contributed by atoms with van der Waals surface area (Å²) >= 11 is 0. The Bertz CT molecular complexity index is 778. The van der Waals surface area contributed by atoms with Gasteiger partial charge in [-0.3, -0.25) is 19.3 Å². The number of benzene rings is 1. The van der Waals surface area contributed by atoms with Gasteiger partial charge in [0.05, 0.1) is 12.8 Å². The fourth-order valence-electron chi connectivity index (χ4n) is 3.72. The lowest BCUT2D eigenvalue weighted by molar-refractivity contribution is -0.145. The third-order valence-corrected chi connectivity index (χ3v) is 5.16. The summed E-state index contributed by atoms with van der Waals surface area (Å²) in [5, 5.41) is 2.61. The molecule has 144 valence electrons. The lowest BCUT2D eigenvalue weighted by Gasteiger charge is -2.34. The lowest BCUT2D eigenvalue weighted by Crippen LogP contribution is -2.46. The first-order valence-corrected chi connectivity index (χ1v) is 9.06. The zero-order valence-corrected chi connectivity index (χ0v) is 15.4. The fraction of sp³-hybridized carbons (Fsp3) is 0.474. The molecule has 0 radical (unpaired) electrons. The van der Waals surface area contributed by atoms with Crippen molar-refractivity contribution in [1.29, 1.82) is 0 Å². The van der Waals surface area contributed by atoms with E-state index in [-0.39, 0.29) is 12.0 Å². The van der Waals surface area contributed by atoms with Crippen LogP contribution < -0.4 is 10.1 Å². The summed E-state index contributed by atoms with van der Waals surface area (Å²) in [6, 6.07) is 5.80. The molecule has 27 heavy (non-hydrogen) atoms. The first kappa shape index (κ1) is 18.9. The third-order valence-electron chi connectivity index (χ3n) is 5.16. The van der Waals surface area contributed by atoms with Crippen molar-refractivity contribution in [3.63, 3.8) is 0 Å². The molecule has 1 saturated carbocycles. The SMILES string of the molecule is COc1ccccc1NC(=O)CN1C(=O)C(=O)N([C@H]2CCCC[C@@H]2C)C1=O. The van der Waals surface area contributed by atoms with Gasteiger partial charge < -0.3 is 10.1 Å². The van der Waals surface area contributed by atoms with Gasteiger partial charge in [0.15, 0.2) is 0 Å². The van der Waals surface area contributed by atoms with Gasteiger partial charge in [-0.05, 0) is 30.9 Å². The molecule has 2 aliphatic rings. The largest absolute Gasteiger partial charge is 0.495 e. The number of nitrogens with zero attached hydrogens (tertiary/aromatic N) is 2. The Balaban J connectivity index is 1.71. The van der Waals surface area contributed by atoms with E-state index in [2.05, 4.69) is 5.32 Å². The van der Waals surface area contributed by atoms with Crippen LogP contribution in [0, 0.1) is 5.92 Å². The molecule has 1 saturated heterocycles. The van der Waals surface area contributed by atoms with Crippen LogP contribution in [0.5, 0.6) is 5.75 Å². The monoisotopic (exact) mass is 373 g/mol. The van der Waals surface area contributed by atoms with Crippen LogP contribution in [-0.2, 0) is 14.4 Å². The molecule has 0 aromatic heterocycles. The van der Waals surface area contributed by atoms with Gasteiger partial charge in [-0.2, -0.15) is 0 Å². The zero-order chi connectivity index (χ0) is 19.6. The van der Waals surface area contributed by atoms with Crippen molar-refractivity contribution >= 4 is 29.4 Å². The molecular weight excluding hydrogens is 350 g/mol. The molecule has 2 fully saturated rings. The van der Waals surface area contributed by atoms with Crippen LogP contribution in [0.25, 0.3) is 0 Å². The van der Waals surface area contributed by atoms with Crippen LogP contribution in [0.2, 0.25) is 0 Å². The summed E-state index contributed by atoms with van der Waals surface area (Å²) < 4.78 is 5.16. The van der Waals surface area contributed by atoms with Gasteiger partial charge in [-0.25, -0.2) is 9.69 Å². The average molecular weight is 373 g/mol. The van der Waals surface area contributed by atoms with E-state index in [1.807, 2.05) is 6.92 Å². The number of carbonyl (C=O) groups excluding carboxylic acids is 4. The average Bonchev–Trinajstić information content (AvgIpc) is 2.86. The smallest absolute Gasteiger partial charge is 0.334 e. The predicted octanol–water partition coefficient (Wildman–Crippen LogP) is 2.00. The van der Waals surface area contributed by atoms with Crippen molar-refractivity contribution in [2.24, 2.45) is 5.92 Å². The van der Waals surface area contributed by atoms with Crippen LogP contribution in [0.4, 0.5) is 10.5 Å². The van der Waals surface area contributed by atoms with E-state index in [4.69, 9.17) is 4.74 Å². The Kier molecular flexibility index (Phi) is 5.43. The molecule has 1 aliphatic heterocycles. The highest BCUT2D eigenvalue weighted by Crippen LogP contribution is 2.31. The minimum atomic E-state index is -0.951. The van der Waals surface area contributed by atoms with Crippen molar-refractivity contribution in [1.82, 2.24) is 9.80 Å². The molecule has 1 aromatic carbocycles. The summed E-state index contributed by atoms with van der Waals surface area (Å²) in [6.45, 7) is 1.46. The third kappa shape index (κ3) is 3.65. The number of methoxy groups -OCH3 is 1. The van der Waals surface area contributed by atoms with E-state index >= 15 is 0 Å². The lowest BCUT2D eigenvalue weighted by atomic mass is 9.85. The topological polar surface area (TPSA) is 96.0 Å². The maximum absolute atomic E-state index is 12.7. The number of carbonyl (C=O) groups is 4. The molecule has 0 bridgehead atoms. The molecule has 0 unspecified atom stereocenters. The van der Waals surface area contributed by atoms with Crippen molar-refractivity contribution in [3.05, 3.63) is 24.3 Å². The summed E-state index contributed by atoms with van der Waals surface area (Å²) in [5.74, 6) is -1.77. The van der Waals surface area contributed by atoms with Crippen LogP contribution in [0.3, 0.4) is 0 Å². The molecule has 1 heterocycles. The van der Waals surface area contributed by atoms with Crippen molar-refractivity contribution in [2.75, 3.05) is 19.0 Å². The predicted molar refractivity (Wildman–Crippen MR) is 97.0 cm³/mol. The Hall–Kier alpha value is -2.90. The molecule has 1 aliphatic carbocycles. The molecule has 1 aromatic rings. The van der Waals surface area contributed by atoms with Gasteiger partial charge in [0.2, 0.25) is 5.91 Å². The number of imide groups is 2. The highest BCUT2D eigenvalue weighted by Gasteiger charge is 2.49. The second kappa shape index (κ2) is 7.77. The zero-order valence-electron chi connectivity index (χ0n) is 15.4. The summed E-state index contributed by atoms with van der Waals surface area (Å²) in [6.07, 6.45) is 3.55. The Morgan fingerprint density at radius 1 is 1.15 bits per heavy atom. The Morgan fingerprint density at radius 2 is 1.85 bits per heavy atom. The quantitative estimate of drug-likeness (QED) is 0.629. The Labute approximate surface area is 157 Å². The van der Waals surface area contributed by atoms with Gasteiger partial charge in [0.1, 0.15) is 12.3 Å². The standard InChI is InChI=1S/C19H23N3O5/c1-12-7-3-5-9-14(12)22-18(25)17(24)21(19(22)26)11-16(23)20-13-8-4-6-10-15(13)27-2/h4,6,8,10,12,14H,3,5,7,9,11H2,1-2H3,(H,20,23)/t12-,14-/m0/s1. The van der Waals surface area contributed by atoms with Crippen LogP contribution >= 0.6 is 0 Å². The minimum absolute atomic E-state index is 0.141. The summed E-state index contributed by atoms with van der Waals surface area (Å²) in [5.41, 5.74) is 0.424.